The number of halogens is 6. The van der Waals surface area contributed by atoms with Crippen molar-refractivity contribution in [3.05, 3.63) is 65.2 Å². The molecule has 5 N–H and O–H groups in total. The van der Waals surface area contributed by atoms with Crippen LogP contribution in [-0.4, -0.2) is 85.9 Å². The minimum Gasteiger partial charge on any atom is -0.488 e. The van der Waals surface area contributed by atoms with Crippen molar-refractivity contribution in [2.45, 2.75) is 59.5 Å². The number of aromatic amines is 1. The van der Waals surface area contributed by atoms with Crippen LogP contribution >= 0.6 is 69.6 Å². The number of nitrogens with two attached hydrogens (primary N) is 1. The Kier molecular flexibility index (Phi) is 25.1. The number of carbonyl (C=O) groups is 1. The van der Waals surface area contributed by atoms with Gasteiger partial charge in [0.15, 0.2) is 17.6 Å². The fraction of sp³-hybridized carbons (Fsp3) is 0.444. The molecule has 6 heterocycles. The van der Waals surface area contributed by atoms with Crippen molar-refractivity contribution in [3.8, 4) is 0 Å². The van der Waals surface area contributed by atoms with Gasteiger partial charge in [0, 0.05) is 31.9 Å². The number of aromatic nitrogens is 10. The van der Waals surface area contributed by atoms with E-state index in [1.165, 1.54) is 19.0 Å². The van der Waals surface area contributed by atoms with Crippen LogP contribution in [0.25, 0.3) is 27.7 Å². The molecule has 0 aromatic carbocycles. The number of aliphatic hydroxyl groups is 1. The topological polar surface area (TPSA) is 240 Å². The van der Waals surface area contributed by atoms with Crippen LogP contribution in [0.15, 0.2) is 17.2 Å². The maximum atomic E-state index is 11.4. The van der Waals surface area contributed by atoms with Crippen molar-refractivity contribution >= 4 is 98.0 Å². The normalized spacial score (nSPS) is 11.5. The number of nitrogens with zero attached hydrogens (tertiary/aromatic N) is 10. The first kappa shape index (κ1) is 49.2. The number of aliphatic hydroxyl groups excluding tert-OH is 1. The summed E-state index contributed by atoms with van der Waals surface area (Å²) in [6.07, 6.45) is 6.17. The molecule has 0 unspecified atom stereocenters. The van der Waals surface area contributed by atoms with Crippen LogP contribution in [0.1, 0.15) is 69.9 Å². The Bertz CT molecular complexity index is 1810. The molecule has 0 spiro atoms. The van der Waals surface area contributed by atoms with Gasteiger partial charge in [0.25, 0.3) is 5.56 Å². The Morgan fingerprint density at radius 3 is 1.69 bits per heavy atom. The van der Waals surface area contributed by atoms with E-state index in [-0.39, 0.29) is 85.5 Å². The van der Waals surface area contributed by atoms with E-state index in [1.807, 2.05) is 33.3 Å². The van der Waals surface area contributed by atoms with Crippen LogP contribution in [0.5, 0.6) is 0 Å². The van der Waals surface area contributed by atoms with Crippen molar-refractivity contribution in [2.24, 2.45) is 5.84 Å². The molecule has 276 valence electrons. The van der Waals surface area contributed by atoms with Gasteiger partial charge in [-0.15, -0.1) is 0 Å². The van der Waals surface area contributed by atoms with E-state index >= 15 is 0 Å². The van der Waals surface area contributed by atoms with E-state index in [9.17, 15) is 9.59 Å². The molecule has 5 aromatic rings. The van der Waals surface area contributed by atoms with Crippen molar-refractivity contribution in [1.29, 1.82) is 0 Å². The minimum atomic E-state index is -0.257. The standard InChI is InChI=1S/C8H8Cl2N4.C8H9ClN4O.C5HCl3N2O.C4H8O.C2H6O.H3N2O.Na/c1-4(2)14-7-5(3-11-14)6(9)12-8(10)13-7;1-4(2)13-6-5(3-10-13)7(14)12-8(9)11-6;6-3-2(1-11)4(7)10-5(8)9-3;1-2-4-5-3-1;2*1-2-3;/h3-4H,1-2H3;3-4H,1-2H3,(H,11,12,14);1H;1-4H2;3H,2H2,1H3;3H,1H2;/q;;;;;-1;+1. The number of hydrogen-bond acceptors (Lipinski definition) is 13. The maximum Gasteiger partial charge on any atom is 1.00 e. The predicted molar refractivity (Wildman–Crippen MR) is 194 cm³/mol. The van der Waals surface area contributed by atoms with Gasteiger partial charge in [0.1, 0.15) is 20.8 Å². The summed E-state index contributed by atoms with van der Waals surface area (Å²) < 4.78 is 8.37. The molecule has 24 heteroatoms. The summed E-state index contributed by atoms with van der Waals surface area (Å²) in [7, 11) is 0. The molecule has 0 amide bonds. The number of H-pyrrole nitrogens is 1. The summed E-state index contributed by atoms with van der Waals surface area (Å²) in [6.45, 7) is 11.9. The summed E-state index contributed by atoms with van der Waals surface area (Å²) in [5, 5.41) is 24.4. The second-order valence-corrected chi connectivity index (χ2v) is 11.9. The van der Waals surface area contributed by atoms with Crippen LogP contribution in [0.4, 0.5) is 0 Å². The Hall–Kier alpha value is -1.81. The van der Waals surface area contributed by atoms with E-state index in [2.05, 4.69) is 45.9 Å². The third-order valence-corrected chi connectivity index (χ3v) is 6.94. The number of nitrogens with one attached hydrogen (secondary N) is 1. The van der Waals surface area contributed by atoms with Gasteiger partial charge in [-0.1, -0.05) is 34.8 Å². The van der Waals surface area contributed by atoms with Gasteiger partial charge < -0.3 is 26.5 Å². The average molecular weight is 843 g/mol. The Morgan fingerprint density at radius 2 is 1.27 bits per heavy atom. The minimum absolute atomic E-state index is 0. The molecular weight excluding hydrogens is 808 g/mol. The second kappa shape index (κ2) is 26.0. The third kappa shape index (κ3) is 16.4. The third-order valence-electron chi connectivity index (χ3n) is 5.56. The Morgan fingerprint density at radius 1 is 0.863 bits per heavy atom. The van der Waals surface area contributed by atoms with E-state index < -0.39 is 0 Å². The number of ether oxygens (including phenoxy) is 1. The maximum absolute atomic E-state index is 11.4. The molecule has 1 aliphatic rings. The van der Waals surface area contributed by atoms with Gasteiger partial charge in [-0.3, -0.25) is 14.6 Å². The van der Waals surface area contributed by atoms with Crippen LogP contribution in [0, 0.1) is 0 Å². The molecule has 0 bridgehead atoms. The largest absolute Gasteiger partial charge is 1.00 e. The summed E-state index contributed by atoms with van der Waals surface area (Å²) in [4.78, 5) is 43.1. The van der Waals surface area contributed by atoms with Crippen molar-refractivity contribution < 1.29 is 49.4 Å². The molecular formula is C27H35Cl6N12NaO5. The van der Waals surface area contributed by atoms with E-state index in [4.69, 9.17) is 84.7 Å². The SMILES string of the molecule is C1CCOC1.CC(C)n1ncc2c(=O)[nH]c(Cl)nc21.CC(C)n1ncc2c(Cl)nc(Cl)nc21.CCO.N[N-]O.O=Cc1c(Cl)nc(Cl)nc1Cl.[Na+]. The fourth-order valence-corrected chi connectivity index (χ4v) is 4.85. The molecule has 0 radical (unpaired) electrons. The molecule has 6 rings (SSSR count). The number of fused-ring (bicyclic) bond motifs is 2. The van der Waals surface area contributed by atoms with Gasteiger partial charge in [0.2, 0.25) is 15.9 Å². The summed E-state index contributed by atoms with van der Waals surface area (Å²) in [6, 6.07) is 0.368. The van der Waals surface area contributed by atoms with Crippen molar-refractivity contribution in [3.63, 3.8) is 0 Å². The summed E-state index contributed by atoms with van der Waals surface area (Å²) in [5.41, 5.74) is 2.99. The zero-order chi connectivity index (χ0) is 38.0. The number of hydrogen-bond donors (Lipinski definition) is 4. The van der Waals surface area contributed by atoms with E-state index in [1.54, 1.807) is 22.5 Å². The van der Waals surface area contributed by atoms with Gasteiger partial charge in [-0.2, -0.15) is 20.2 Å². The monoisotopic (exact) mass is 840 g/mol. The number of aldehydes is 1. The zero-order valence-corrected chi connectivity index (χ0v) is 34.9. The number of rotatable bonds is 3. The summed E-state index contributed by atoms with van der Waals surface area (Å²) >= 11 is 33.6. The first-order valence-corrected chi connectivity index (χ1v) is 16.7. The van der Waals surface area contributed by atoms with Crippen LogP contribution < -0.4 is 41.0 Å². The second-order valence-electron chi connectivity index (χ2n) is 9.84. The zero-order valence-electron chi connectivity index (χ0n) is 28.4. The molecule has 17 nitrogen and oxygen atoms in total. The van der Waals surface area contributed by atoms with Gasteiger partial charge >= 0.3 is 29.6 Å². The first-order chi connectivity index (χ1) is 23.7. The molecule has 1 aliphatic heterocycles. The predicted octanol–water partition coefficient (Wildman–Crippen LogP) is 3.74. The molecule has 1 saturated heterocycles. The molecule has 1 fully saturated rings. The molecule has 0 saturated carbocycles. The van der Waals surface area contributed by atoms with E-state index in [0.29, 0.717) is 28.1 Å². The number of carbonyl (C=O) groups excluding carboxylic acids is 1. The fourth-order valence-electron chi connectivity index (χ4n) is 3.53. The van der Waals surface area contributed by atoms with Gasteiger partial charge in [-0.05, 0) is 82.3 Å². The quantitative estimate of drug-likeness (QED) is 0.0506. The first-order valence-electron chi connectivity index (χ1n) is 14.4. The smallest absolute Gasteiger partial charge is 0.488 e. The summed E-state index contributed by atoms with van der Waals surface area (Å²) in [5.74, 6) is 4.03. The Balaban J connectivity index is 0.000000639. The van der Waals surface area contributed by atoms with Crippen LogP contribution in [-0.2, 0) is 4.74 Å². The molecule has 51 heavy (non-hydrogen) atoms. The molecule has 0 aliphatic carbocycles. The Labute approximate surface area is 344 Å². The van der Waals surface area contributed by atoms with Gasteiger partial charge in [0.05, 0.1) is 23.3 Å². The molecule has 0 atom stereocenters. The van der Waals surface area contributed by atoms with Crippen molar-refractivity contribution in [2.75, 3.05) is 19.8 Å². The average Bonchev–Trinajstić information content (AvgIpc) is 3.81. The van der Waals surface area contributed by atoms with E-state index in [0.717, 1.165) is 18.6 Å². The van der Waals surface area contributed by atoms with Crippen molar-refractivity contribution in [1.82, 2.24) is 49.5 Å². The van der Waals surface area contributed by atoms with Crippen LogP contribution in [0.3, 0.4) is 0 Å². The van der Waals surface area contributed by atoms with Crippen LogP contribution in [0.2, 0.25) is 31.3 Å². The van der Waals surface area contributed by atoms with Gasteiger partial charge in [-0.25, -0.2) is 24.3 Å². The molecule has 5 aromatic heterocycles.